The van der Waals surface area contributed by atoms with Crippen LogP contribution in [0.2, 0.25) is 0 Å². The number of amides is 2. The number of rotatable bonds is 11. The van der Waals surface area contributed by atoms with Crippen LogP contribution in [0.15, 0.2) is 108 Å². The molecular weight excluding hydrogens is 490 g/mol. The molecule has 39 heavy (non-hydrogen) atoms. The highest BCUT2D eigenvalue weighted by molar-refractivity contribution is 6.05. The van der Waals surface area contributed by atoms with E-state index < -0.39 is 0 Å². The van der Waals surface area contributed by atoms with Crippen molar-refractivity contribution >= 4 is 40.5 Å². The Hall–Kier alpha value is -5.04. The molecule has 0 aliphatic rings. The smallest absolute Gasteiger partial charge is 0.255 e. The predicted molar refractivity (Wildman–Crippen MR) is 154 cm³/mol. The second-order valence-corrected chi connectivity index (χ2v) is 9.08. The number of nitrogens with two attached hydrogens (primary N) is 1. The van der Waals surface area contributed by atoms with Gasteiger partial charge in [0, 0.05) is 16.5 Å². The molecule has 1 aromatic heterocycles. The van der Waals surface area contributed by atoms with Crippen LogP contribution in [-0.4, -0.2) is 25.5 Å². The molecule has 5 aromatic rings. The minimum Gasteiger partial charge on any atom is -0.492 e. The number of anilines is 3. The molecule has 0 radical (unpaired) electrons. The molecule has 7 nitrogen and oxygen atoms in total. The van der Waals surface area contributed by atoms with Crippen LogP contribution in [0.4, 0.5) is 17.3 Å². The Morgan fingerprint density at radius 1 is 0.872 bits per heavy atom. The van der Waals surface area contributed by atoms with Crippen LogP contribution in [-0.2, 0) is 17.6 Å². The average molecular weight is 520 g/mol. The van der Waals surface area contributed by atoms with Gasteiger partial charge in [0.1, 0.15) is 17.9 Å². The van der Waals surface area contributed by atoms with Crippen LogP contribution >= 0.6 is 0 Å². The van der Waals surface area contributed by atoms with E-state index in [9.17, 15) is 9.59 Å². The molecule has 4 aromatic carbocycles. The van der Waals surface area contributed by atoms with Crippen molar-refractivity contribution < 1.29 is 18.7 Å². The van der Waals surface area contributed by atoms with E-state index in [0.29, 0.717) is 35.1 Å². The number of hydrogen-bond donors (Lipinski definition) is 2. The van der Waals surface area contributed by atoms with Gasteiger partial charge in [0.25, 0.3) is 5.91 Å². The van der Waals surface area contributed by atoms with E-state index in [2.05, 4.69) is 17.4 Å². The lowest BCUT2D eigenvalue weighted by atomic mass is 10.0. The lowest BCUT2D eigenvalue weighted by Crippen LogP contribution is -2.27. The number of hydrogen-bond acceptors (Lipinski definition) is 5. The van der Waals surface area contributed by atoms with Crippen molar-refractivity contribution in [3.05, 3.63) is 120 Å². The SMILES string of the molecule is Nc1ccccc1NC(=O)c1ccc(OCCN(C=O)c2oc3ccccc3c2CCc2ccccc2)cc1. The highest BCUT2D eigenvalue weighted by Gasteiger charge is 2.20. The van der Waals surface area contributed by atoms with Crippen molar-refractivity contribution in [2.45, 2.75) is 12.8 Å². The fourth-order valence-electron chi connectivity index (χ4n) is 4.45. The fourth-order valence-corrected chi connectivity index (χ4v) is 4.45. The average Bonchev–Trinajstić information content (AvgIpc) is 3.34. The van der Waals surface area contributed by atoms with Crippen LogP contribution in [0.25, 0.3) is 11.0 Å². The van der Waals surface area contributed by atoms with Crippen LogP contribution in [0.3, 0.4) is 0 Å². The topological polar surface area (TPSA) is 97.8 Å². The Labute approximate surface area is 226 Å². The molecule has 5 rings (SSSR count). The summed E-state index contributed by atoms with van der Waals surface area (Å²) in [6, 6.07) is 32.0. The zero-order valence-electron chi connectivity index (χ0n) is 21.4. The van der Waals surface area contributed by atoms with Crippen LogP contribution < -0.4 is 20.7 Å². The van der Waals surface area contributed by atoms with Crippen molar-refractivity contribution in [3.63, 3.8) is 0 Å². The fraction of sp³-hybridized carbons (Fsp3) is 0.125. The number of carbonyl (C=O) groups is 2. The summed E-state index contributed by atoms with van der Waals surface area (Å²) in [5.41, 5.74) is 10.4. The third-order valence-corrected chi connectivity index (χ3v) is 6.50. The molecule has 0 unspecified atom stereocenters. The van der Waals surface area contributed by atoms with E-state index in [4.69, 9.17) is 14.9 Å². The molecule has 7 heteroatoms. The van der Waals surface area contributed by atoms with Gasteiger partial charge < -0.3 is 20.2 Å². The predicted octanol–water partition coefficient (Wildman–Crippen LogP) is 6.09. The maximum absolute atomic E-state index is 12.6. The van der Waals surface area contributed by atoms with Gasteiger partial charge >= 0.3 is 0 Å². The van der Waals surface area contributed by atoms with Crippen molar-refractivity contribution in [1.82, 2.24) is 0 Å². The molecule has 0 fully saturated rings. The molecule has 0 saturated carbocycles. The van der Waals surface area contributed by atoms with E-state index >= 15 is 0 Å². The Balaban J connectivity index is 1.23. The molecule has 0 bridgehead atoms. The monoisotopic (exact) mass is 519 g/mol. The largest absolute Gasteiger partial charge is 0.492 e. The third-order valence-electron chi connectivity index (χ3n) is 6.50. The number of nitrogen functional groups attached to an aromatic ring is 1. The molecule has 196 valence electrons. The number of carbonyl (C=O) groups excluding carboxylic acids is 2. The molecule has 0 aliphatic carbocycles. The summed E-state index contributed by atoms with van der Waals surface area (Å²) in [5.74, 6) is 0.864. The van der Waals surface area contributed by atoms with Gasteiger partial charge in [-0.1, -0.05) is 60.7 Å². The van der Waals surface area contributed by atoms with Gasteiger partial charge in [-0.15, -0.1) is 0 Å². The van der Waals surface area contributed by atoms with Gasteiger partial charge in [0.05, 0.1) is 17.9 Å². The third kappa shape index (κ3) is 6.10. The van der Waals surface area contributed by atoms with Crippen LogP contribution in [0, 0.1) is 0 Å². The van der Waals surface area contributed by atoms with Gasteiger partial charge in [-0.05, 0) is 60.9 Å². The number of ether oxygens (including phenoxy) is 1. The first kappa shape index (κ1) is 25.6. The number of nitrogens with one attached hydrogen (secondary N) is 1. The molecule has 0 atom stereocenters. The Kier molecular flexibility index (Phi) is 7.88. The van der Waals surface area contributed by atoms with Crippen molar-refractivity contribution in [3.8, 4) is 5.75 Å². The van der Waals surface area contributed by atoms with Gasteiger partial charge in [-0.2, -0.15) is 0 Å². The molecule has 0 saturated heterocycles. The van der Waals surface area contributed by atoms with E-state index in [1.54, 1.807) is 41.3 Å². The van der Waals surface area contributed by atoms with Crippen molar-refractivity contribution in [2.24, 2.45) is 0 Å². The summed E-state index contributed by atoms with van der Waals surface area (Å²) in [6.07, 6.45) is 2.34. The van der Waals surface area contributed by atoms with Crippen molar-refractivity contribution in [1.29, 1.82) is 0 Å². The van der Waals surface area contributed by atoms with E-state index in [0.717, 1.165) is 35.8 Å². The second kappa shape index (κ2) is 12.0. The highest BCUT2D eigenvalue weighted by atomic mass is 16.5. The summed E-state index contributed by atoms with van der Waals surface area (Å²) in [5, 5.41) is 3.81. The number of para-hydroxylation sites is 3. The maximum Gasteiger partial charge on any atom is 0.255 e. The first-order valence-electron chi connectivity index (χ1n) is 12.8. The summed E-state index contributed by atoms with van der Waals surface area (Å²) < 4.78 is 12.0. The number of aryl methyl sites for hydroxylation is 2. The molecule has 3 N–H and O–H groups in total. The van der Waals surface area contributed by atoms with Gasteiger partial charge in [-0.3, -0.25) is 14.5 Å². The Morgan fingerprint density at radius 2 is 1.59 bits per heavy atom. The minimum atomic E-state index is -0.264. The van der Waals surface area contributed by atoms with E-state index in [1.165, 1.54) is 5.56 Å². The van der Waals surface area contributed by atoms with E-state index in [1.807, 2.05) is 54.6 Å². The summed E-state index contributed by atoms with van der Waals surface area (Å²) >= 11 is 0. The molecule has 0 spiro atoms. The van der Waals surface area contributed by atoms with Gasteiger partial charge in [0.15, 0.2) is 0 Å². The van der Waals surface area contributed by atoms with Crippen LogP contribution in [0.1, 0.15) is 21.5 Å². The summed E-state index contributed by atoms with van der Waals surface area (Å²) in [7, 11) is 0. The second-order valence-electron chi connectivity index (χ2n) is 9.08. The summed E-state index contributed by atoms with van der Waals surface area (Å²) in [6.45, 7) is 0.553. The van der Waals surface area contributed by atoms with Gasteiger partial charge in [-0.25, -0.2) is 0 Å². The maximum atomic E-state index is 12.6. The number of benzene rings is 4. The standard InChI is InChI=1S/C32H29N3O4/c33-28-11-5-6-12-29(28)34-31(37)24-15-17-25(18-16-24)38-21-20-35(22-36)32-27(19-14-23-8-2-1-3-9-23)26-10-4-7-13-30(26)39-32/h1-13,15-18,22H,14,19-21,33H2,(H,34,37). The Bertz CT molecular complexity index is 1560. The summed E-state index contributed by atoms with van der Waals surface area (Å²) in [4.78, 5) is 26.2. The zero-order chi connectivity index (χ0) is 27.0. The number of furan rings is 1. The molecule has 0 aliphatic heterocycles. The normalized spacial score (nSPS) is 10.8. The molecular formula is C32H29N3O4. The first-order valence-corrected chi connectivity index (χ1v) is 12.8. The zero-order valence-corrected chi connectivity index (χ0v) is 21.4. The number of nitrogens with zero attached hydrogens (tertiary/aromatic N) is 1. The minimum absolute atomic E-state index is 0.250. The first-order chi connectivity index (χ1) is 19.1. The van der Waals surface area contributed by atoms with E-state index in [-0.39, 0.29) is 12.5 Å². The lowest BCUT2D eigenvalue weighted by Gasteiger charge is -2.17. The number of fused-ring (bicyclic) bond motifs is 1. The van der Waals surface area contributed by atoms with Gasteiger partial charge in [0.2, 0.25) is 12.3 Å². The quantitative estimate of drug-likeness (QED) is 0.162. The van der Waals surface area contributed by atoms with Crippen LogP contribution in [0.5, 0.6) is 5.75 Å². The molecule has 1 heterocycles. The van der Waals surface area contributed by atoms with Crippen molar-refractivity contribution in [2.75, 3.05) is 29.1 Å². The Morgan fingerprint density at radius 3 is 2.36 bits per heavy atom. The lowest BCUT2D eigenvalue weighted by molar-refractivity contribution is -0.107. The molecule has 2 amide bonds. The highest BCUT2D eigenvalue weighted by Crippen LogP contribution is 2.33.